The molecule has 3 aliphatic rings. The maximum atomic E-state index is 14.4. The average molecular weight is 514 g/mol. The molecule has 1 aliphatic heterocycles. The van der Waals surface area contributed by atoms with Gasteiger partial charge in [-0.15, -0.1) is 0 Å². The van der Waals surface area contributed by atoms with Crippen LogP contribution in [-0.2, 0) is 19.2 Å². The number of amides is 5. The third-order valence-electron chi connectivity index (χ3n) is 6.90. The Morgan fingerprint density at radius 2 is 1.61 bits per heavy atom. The lowest BCUT2D eigenvalue weighted by atomic mass is 9.85. The fraction of sp³-hybridized carbons (Fsp3) is 0.792. The van der Waals surface area contributed by atoms with E-state index in [0.717, 1.165) is 17.7 Å². The highest BCUT2D eigenvalue weighted by Crippen LogP contribution is 2.62. The number of urea groups is 1. The molecule has 1 unspecified atom stereocenters. The van der Waals surface area contributed by atoms with Crippen molar-refractivity contribution in [3.05, 3.63) is 0 Å². The van der Waals surface area contributed by atoms with E-state index in [1.54, 1.807) is 41.5 Å². The van der Waals surface area contributed by atoms with Gasteiger partial charge in [-0.05, 0) is 38.5 Å². The molecule has 0 bridgehead atoms. The van der Waals surface area contributed by atoms with E-state index in [2.05, 4.69) is 16.0 Å². The van der Waals surface area contributed by atoms with Crippen molar-refractivity contribution in [1.29, 1.82) is 0 Å². The molecule has 36 heavy (non-hydrogen) atoms. The Bertz CT molecular complexity index is 954. The molecule has 3 rings (SSSR count). The van der Waals surface area contributed by atoms with Crippen LogP contribution in [0.25, 0.3) is 0 Å². The zero-order valence-electron chi connectivity index (χ0n) is 21.6. The number of nitrogens with two attached hydrogens (primary N) is 1. The molecule has 2 saturated carbocycles. The van der Waals surface area contributed by atoms with Crippen molar-refractivity contribution in [3.8, 4) is 0 Å². The van der Waals surface area contributed by atoms with E-state index in [1.165, 1.54) is 0 Å². The summed E-state index contributed by atoms with van der Waals surface area (Å²) in [5.74, 6) is -9.44. The summed E-state index contributed by atoms with van der Waals surface area (Å²) in [5, 5.41) is 7.76. The molecule has 5 amide bonds. The van der Waals surface area contributed by atoms with E-state index >= 15 is 0 Å². The Balaban J connectivity index is 1.83. The lowest BCUT2D eigenvalue weighted by Crippen LogP contribution is -2.62. The van der Waals surface area contributed by atoms with Gasteiger partial charge in [-0.25, -0.2) is 13.6 Å². The first kappa shape index (κ1) is 27.8. The van der Waals surface area contributed by atoms with E-state index in [-0.39, 0.29) is 18.9 Å². The minimum Gasteiger partial charge on any atom is -0.363 e. The van der Waals surface area contributed by atoms with Crippen LogP contribution in [-0.4, -0.2) is 70.6 Å². The zero-order valence-corrected chi connectivity index (χ0v) is 21.6. The topological polar surface area (TPSA) is 151 Å². The number of hydrogen-bond donors (Lipinski definition) is 4. The Hall–Kier alpha value is -2.79. The predicted octanol–water partition coefficient (Wildman–Crippen LogP) is 0.930. The van der Waals surface area contributed by atoms with Crippen LogP contribution in [0, 0.1) is 23.2 Å². The van der Waals surface area contributed by atoms with Crippen LogP contribution in [0.1, 0.15) is 60.8 Å². The summed E-state index contributed by atoms with van der Waals surface area (Å²) in [5.41, 5.74) is 3.73. The van der Waals surface area contributed by atoms with Gasteiger partial charge in [-0.1, -0.05) is 33.6 Å². The SMILES string of the molecule is CC(C)(C)NC(=O)N[C@H](C(=O)N1C[C@H]2[C@@H]([C@H]1C(=O)NC(CC1CC1)C(=O)C(N)=O)C2(F)F)C(C)(C)C. The monoisotopic (exact) mass is 513 g/mol. The molecule has 0 aromatic rings. The first-order valence-electron chi connectivity index (χ1n) is 12.3. The van der Waals surface area contributed by atoms with E-state index in [0.29, 0.717) is 0 Å². The fourth-order valence-electron chi connectivity index (χ4n) is 4.80. The highest BCUT2D eigenvalue weighted by molar-refractivity contribution is 6.37. The molecule has 1 saturated heterocycles. The summed E-state index contributed by atoms with van der Waals surface area (Å²) in [6.07, 6.45) is 1.83. The van der Waals surface area contributed by atoms with E-state index < -0.39 is 76.4 Å². The number of carbonyl (C=O) groups excluding carboxylic acids is 5. The van der Waals surface area contributed by atoms with Crippen molar-refractivity contribution in [3.63, 3.8) is 0 Å². The van der Waals surface area contributed by atoms with Crippen LogP contribution in [0.3, 0.4) is 0 Å². The van der Waals surface area contributed by atoms with E-state index in [9.17, 15) is 32.8 Å². The highest BCUT2D eigenvalue weighted by atomic mass is 19.3. The van der Waals surface area contributed by atoms with Crippen LogP contribution < -0.4 is 21.7 Å². The number of Topliss-reactive ketones (excluding diaryl/α,β-unsaturated/α-hetero) is 1. The van der Waals surface area contributed by atoms with Crippen LogP contribution in [0.2, 0.25) is 0 Å². The van der Waals surface area contributed by atoms with Gasteiger partial charge in [0, 0.05) is 12.1 Å². The Labute approximate surface area is 209 Å². The number of piperidine rings is 1. The summed E-state index contributed by atoms with van der Waals surface area (Å²) in [6, 6.07) is -4.50. The molecule has 0 spiro atoms. The van der Waals surface area contributed by atoms with Crippen LogP contribution >= 0.6 is 0 Å². The normalized spacial score (nSPS) is 26.3. The highest BCUT2D eigenvalue weighted by Gasteiger charge is 2.78. The molecule has 0 aromatic carbocycles. The number of carbonyl (C=O) groups is 5. The zero-order chi connectivity index (χ0) is 27.4. The van der Waals surface area contributed by atoms with Gasteiger partial charge in [0.15, 0.2) is 0 Å². The first-order valence-corrected chi connectivity index (χ1v) is 12.3. The Kier molecular flexibility index (Phi) is 7.15. The number of ketones is 1. The minimum absolute atomic E-state index is 0.130. The second-order valence-corrected chi connectivity index (χ2v) is 12.4. The Morgan fingerprint density at radius 1 is 1.03 bits per heavy atom. The summed E-state index contributed by atoms with van der Waals surface area (Å²) in [4.78, 5) is 64.3. The number of nitrogens with one attached hydrogen (secondary N) is 3. The number of fused-ring (bicyclic) bond motifs is 1. The van der Waals surface area contributed by atoms with Gasteiger partial charge in [0.1, 0.15) is 12.1 Å². The maximum Gasteiger partial charge on any atom is 0.315 e. The van der Waals surface area contributed by atoms with Gasteiger partial charge in [0.25, 0.3) is 11.8 Å². The van der Waals surface area contributed by atoms with Gasteiger partial charge in [-0.3, -0.25) is 19.2 Å². The van der Waals surface area contributed by atoms with Crippen molar-refractivity contribution in [2.45, 2.75) is 90.4 Å². The number of alkyl halides is 2. The van der Waals surface area contributed by atoms with Gasteiger partial charge < -0.3 is 26.6 Å². The lowest BCUT2D eigenvalue weighted by molar-refractivity contribution is -0.146. The number of hydrogen-bond acceptors (Lipinski definition) is 5. The van der Waals surface area contributed by atoms with Crippen molar-refractivity contribution in [2.24, 2.45) is 28.9 Å². The molecular weight excluding hydrogens is 476 g/mol. The average Bonchev–Trinajstić information content (AvgIpc) is 3.55. The molecule has 1 heterocycles. The van der Waals surface area contributed by atoms with Crippen molar-refractivity contribution in [2.75, 3.05) is 6.54 Å². The second kappa shape index (κ2) is 9.26. The van der Waals surface area contributed by atoms with Crippen molar-refractivity contribution in [1.82, 2.24) is 20.9 Å². The second-order valence-electron chi connectivity index (χ2n) is 12.4. The van der Waals surface area contributed by atoms with Crippen LogP contribution in [0.4, 0.5) is 13.6 Å². The van der Waals surface area contributed by atoms with E-state index in [4.69, 9.17) is 5.73 Å². The standard InChI is InChI=1S/C24H37F2N5O5/c1-22(2,3)17(29-21(36)30-23(4,5)6)20(35)31-10-12-14(24(12,25)26)15(31)19(34)28-13(9-11-7-8-11)16(32)18(27)33/h11-15,17H,7-10H2,1-6H3,(H2,27,33)(H,28,34)(H2,29,30,36)/t12-,13?,14-,15-,17+/m0/s1. The molecule has 0 radical (unpaired) electrons. The smallest absolute Gasteiger partial charge is 0.315 e. The quantitative estimate of drug-likeness (QED) is 0.356. The molecular formula is C24H37F2N5O5. The van der Waals surface area contributed by atoms with Gasteiger partial charge in [-0.2, -0.15) is 0 Å². The lowest BCUT2D eigenvalue weighted by Gasteiger charge is -2.37. The summed E-state index contributed by atoms with van der Waals surface area (Å²) >= 11 is 0. The Morgan fingerprint density at radius 3 is 2.08 bits per heavy atom. The first-order chi connectivity index (χ1) is 16.3. The van der Waals surface area contributed by atoms with Gasteiger partial charge >= 0.3 is 6.03 Å². The predicted molar refractivity (Wildman–Crippen MR) is 126 cm³/mol. The molecule has 5 atom stereocenters. The fourth-order valence-corrected chi connectivity index (χ4v) is 4.80. The van der Waals surface area contributed by atoms with E-state index in [1.807, 2.05) is 0 Å². The third kappa shape index (κ3) is 5.95. The summed E-state index contributed by atoms with van der Waals surface area (Å²) < 4.78 is 28.9. The summed E-state index contributed by atoms with van der Waals surface area (Å²) in [6.45, 7) is 10.1. The third-order valence-corrected chi connectivity index (χ3v) is 6.90. The molecule has 3 fully saturated rings. The maximum absolute atomic E-state index is 14.4. The number of halogens is 2. The molecule has 202 valence electrons. The molecule has 12 heteroatoms. The number of likely N-dealkylation sites (tertiary alicyclic amines) is 1. The van der Waals surface area contributed by atoms with Crippen molar-refractivity contribution >= 4 is 29.5 Å². The molecule has 5 N–H and O–H groups in total. The van der Waals surface area contributed by atoms with Crippen molar-refractivity contribution < 1.29 is 32.8 Å². The van der Waals surface area contributed by atoms with Gasteiger partial charge in [0.05, 0.1) is 17.9 Å². The number of primary amides is 1. The molecule has 0 aromatic heterocycles. The largest absolute Gasteiger partial charge is 0.363 e. The molecule has 2 aliphatic carbocycles. The number of nitrogens with zero attached hydrogens (tertiary/aromatic N) is 1. The van der Waals surface area contributed by atoms with Gasteiger partial charge in [0.2, 0.25) is 17.6 Å². The molecule has 10 nitrogen and oxygen atoms in total. The van der Waals surface area contributed by atoms with Crippen LogP contribution in [0.15, 0.2) is 0 Å². The summed E-state index contributed by atoms with van der Waals surface area (Å²) in [7, 11) is 0. The minimum atomic E-state index is -3.13. The number of rotatable bonds is 8. The van der Waals surface area contributed by atoms with Crippen LogP contribution in [0.5, 0.6) is 0 Å².